The van der Waals surface area contributed by atoms with Crippen LogP contribution in [0.4, 0.5) is 4.39 Å². The van der Waals surface area contributed by atoms with Crippen molar-refractivity contribution in [3.8, 4) is 5.69 Å². The minimum absolute atomic E-state index is 0.148. The Bertz CT molecular complexity index is 674. The highest BCUT2D eigenvalue weighted by molar-refractivity contribution is 6.30. The quantitative estimate of drug-likeness (QED) is 0.910. The Kier molecular flexibility index (Phi) is 3.23. The number of halogens is 2. The highest BCUT2D eigenvalue weighted by Crippen LogP contribution is 2.42. The standard InChI is InChI=1S/C16H17ClFN3/c17-14-6-5-13(7-15(14)18)21-16(10-1-2-10)11(9-20-21)8-19-12-3-4-12/h5-7,9-10,12,19H,1-4,8H2. The molecule has 0 amide bonds. The average molecular weight is 306 g/mol. The minimum Gasteiger partial charge on any atom is -0.310 e. The first-order valence-electron chi connectivity index (χ1n) is 7.48. The summed E-state index contributed by atoms with van der Waals surface area (Å²) in [5.74, 6) is 0.159. The monoisotopic (exact) mass is 305 g/mol. The molecule has 1 N–H and O–H groups in total. The Balaban J connectivity index is 1.68. The molecule has 2 aliphatic carbocycles. The molecule has 21 heavy (non-hydrogen) atoms. The molecule has 0 unspecified atom stereocenters. The van der Waals surface area contributed by atoms with Crippen LogP contribution in [0.1, 0.15) is 42.9 Å². The summed E-state index contributed by atoms with van der Waals surface area (Å²) >= 11 is 5.76. The summed E-state index contributed by atoms with van der Waals surface area (Å²) in [4.78, 5) is 0. The molecule has 0 saturated heterocycles. The number of hydrogen-bond acceptors (Lipinski definition) is 2. The Morgan fingerprint density at radius 3 is 2.76 bits per heavy atom. The van der Waals surface area contributed by atoms with Gasteiger partial charge in [-0.25, -0.2) is 9.07 Å². The third kappa shape index (κ3) is 2.70. The largest absolute Gasteiger partial charge is 0.310 e. The fraction of sp³-hybridized carbons (Fsp3) is 0.438. The van der Waals surface area contributed by atoms with Crippen LogP contribution in [0.3, 0.4) is 0 Å². The van der Waals surface area contributed by atoms with Crippen LogP contribution in [-0.4, -0.2) is 15.8 Å². The molecule has 1 aromatic heterocycles. The van der Waals surface area contributed by atoms with Crippen molar-refractivity contribution in [1.82, 2.24) is 15.1 Å². The van der Waals surface area contributed by atoms with Gasteiger partial charge in [0, 0.05) is 30.1 Å². The molecule has 0 spiro atoms. The lowest BCUT2D eigenvalue weighted by Gasteiger charge is -2.10. The van der Waals surface area contributed by atoms with Crippen molar-refractivity contribution >= 4 is 11.6 Å². The van der Waals surface area contributed by atoms with Crippen LogP contribution in [0.2, 0.25) is 5.02 Å². The van der Waals surface area contributed by atoms with Crippen molar-refractivity contribution in [3.63, 3.8) is 0 Å². The predicted molar refractivity (Wildman–Crippen MR) is 80.4 cm³/mol. The van der Waals surface area contributed by atoms with Gasteiger partial charge in [-0.05, 0) is 37.8 Å². The summed E-state index contributed by atoms with van der Waals surface area (Å²) in [5.41, 5.74) is 3.21. The predicted octanol–water partition coefficient (Wildman–Crippen LogP) is 3.79. The van der Waals surface area contributed by atoms with Gasteiger partial charge in [0.25, 0.3) is 0 Å². The molecule has 0 atom stereocenters. The van der Waals surface area contributed by atoms with E-state index in [2.05, 4.69) is 10.4 Å². The van der Waals surface area contributed by atoms with Crippen LogP contribution in [0.25, 0.3) is 5.69 Å². The molecule has 0 aliphatic heterocycles. The lowest BCUT2D eigenvalue weighted by atomic mass is 10.1. The third-order valence-corrected chi connectivity index (χ3v) is 4.46. The number of nitrogens with one attached hydrogen (secondary N) is 1. The molecular weight excluding hydrogens is 289 g/mol. The van der Waals surface area contributed by atoms with E-state index in [-0.39, 0.29) is 5.02 Å². The summed E-state index contributed by atoms with van der Waals surface area (Å²) in [6.07, 6.45) is 6.84. The van der Waals surface area contributed by atoms with Crippen LogP contribution in [0.15, 0.2) is 24.4 Å². The SMILES string of the molecule is Fc1cc(-n2ncc(CNC3CC3)c2C2CC2)ccc1Cl. The van der Waals surface area contributed by atoms with Crippen LogP contribution < -0.4 is 5.32 Å². The Labute approximate surface area is 128 Å². The Hall–Kier alpha value is -1.39. The van der Waals surface area contributed by atoms with Crippen LogP contribution in [-0.2, 0) is 6.54 Å². The average Bonchev–Trinajstić information content (AvgIpc) is 3.39. The highest BCUT2D eigenvalue weighted by atomic mass is 35.5. The second kappa shape index (κ2) is 5.11. The molecule has 0 radical (unpaired) electrons. The molecule has 1 heterocycles. The highest BCUT2D eigenvalue weighted by Gasteiger charge is 2.31. The summed E-state index contributed by atoms with van der Waals surface area (Å²) in [7, 11) is 0. The normalized spacial score (nSPS) is 18.2. The molecule has 2 aromatic rings. The fourth-order valence-corrected chi connectivity index (χ4v) is 2.80. The van der Waals surface area contributed by atoms with Crippen molar-refractivity contribution in [2.75, 3.05) is 0 Å². The molecule has 3 nitrogen and oxygen atoms in total. The van der Waals surface area contributed by atoms with Gasteiger partial charge in [-0.15, -0.1) is 0 Å². The molecule has 110 valence electrons. The van der Waals surface area contributed by atoms with E-state index >= 15 is 0 Å². The number of benzene rings is 1. The molecular formula is C16H17ClFN3. The van der Waals surface area contributed by atoms with Gasteiger partial charge in [-0.1, -0.05) is 11.6 Å². The van der Waals surface area contributed by atoms with Crippen LogP contribution in [0, 0.1) is 5.82 Å². The van der Waals surface area contributed by atoms with Gasteiger partial charge in [0.05, 0.1) is 22.6 Å². The van der Waals surface area contributed by atoms with Gasteiger partial charge in [0.1, 0.15) is 5.82 Å². The van der Waals surface area contributed by atoms with E-state index in [1.165, 1.54) is 43.0 Å². The van der Waals surface area contributed by atoms with Crippen LogP contribution in [0.5, 0.6) is 0 Å². The van der Waals surface area contributed by atoms with Crippen molar-refractivity contribution in [2.24, 2.45) is 0 Å². The summed E-state index contributed by atoms with van der Waals surface area (Å²) in [6, 6.07) is 5.54. The van der Waals surface area contributed by atoms with Crippen molar-refractivity contribution in [3.05, 3.63) is 46.5 Å². The number of nitrogens with zero attached hydrogens (tertiary/aromatic N) is 2. The van der Waals surface area contributed by atoms with Crippen molar-refractivity contribution in [2.45, 2.75) is 44.2 Å². The maximum Gasteiger partial charge on any atom is 0.143 e. The van der Waals surface area contributed by atoms with Crippen molar-refractivity contribution in [1.29, 1.82) is 0 Å². The fourth-order valence-electron chi connectivity index (χ4n) is 2.68. The van der Waals surface area contributed by atoms with Gasteiger partial charge >= 0.3 is 0 Å². The van der Waals surface area contributed by atoms with Crippen molar-refractivity contribution < 1.29 is 4.39 Å². The van der Waals surface area contributed by atoms with E-state index in [0.29, 0.717) is 12.0 Å². The molecule has 1 aromatic carbocycles. The van der Waals surface area contributed by atoms with E-state index < -0.39 is 5.82 Å². The number of hydrogen-bond donors (Lipinski definition) is 1. The second-order valence-corrected chi connectivity index (χ2v) is 6.40. The molecule has 0 bridgehead atoms. The maximum atomic E-state index is 13.7. The minimum atomic E-state index is -0.399. The lowest BCUT2D eigenvalue weighted by Crippen LogP contribution is -2.16. The number of aromatic nitrogens is 2. The summed E-state index contributed by atoms with van der Waals surface area (Å²) in [6.45, 7) is 0.854. The smallest absolute Gasteiger partial charge is 0.143 e. The summed E-state index contributed by atoms with van der Waals surface area (Å²) < 4.78 is 15.6. The van der Waals surface area contributed by atoms with E-state index in [0.717, 1.165) is 12.2 Å². The van der Waals surface area contributed by atoms with Gasteiger partial charge in [-0.3, -0.25) is 0 Å². The van der Waals surface area contributed by atoms with Gasteiger partial charge in [0.2, 0.25) is 0 Å². The third-order valence-electron chi connectivity index (χ3n) is 4.16. The summed E-state index contributed by atoms with van der Waals surface area (Å²) in [5, 5.41) is 8.16. The van der Waals surface area contributed by atoms with E-state index in [4.69, 9.17) is 11.6 Å². The van der Waals surface area contributed by atoms with E-state index in [1.807, 2.05) is 16.9 Å². The van der Waals surface area contributed by atoms with Gasteiger partial charge in [-0.2, -0.15) is 5.10 Å². The molecule has 4 rings (SSSR count). The molecule has 2 fully saturated rings. The second-order valence-electron chi connectivity index (χ2n) is 5.99. The first kappa shape index (κ1) is 13.3. The van der Waals surface area contributed by atoms with E-state index in [9.17, 15) is 4.39 Å². The van der Waals surface area contributed by atoms with Gasteiger partial charge in [0.15, 0.2) is 0 Å². The molecule has 2 aliphatic rings. The first-order chi connectivity index (χ1) is 10.2. The molecule has 2 saturated carbocycles. The van der Waals surface area contributed by atoms with E-state index in [1.54, 1.807) is 6.07 Å². The zero-order chi connectivity index (χ0) is 14.4. The van der Waals surface area contributed by atoms with Gasteiger partial charge < -0.3 is 5.32 Å². The first-order valence-corrected chi connectivity index (χ1v) is 7.86. The zero-order valence-electron chi connectivity index (χ0n) is 11.6. The molecule has 5 heteroatoms. The topological polar surface area (TPSA) is 29.9 Å². The Morgan fingerprint density at radius 2 is 2.10 bits per heavy atom. The zero-order valence-corrected chi connectivity index (χ0v) is 12.4. The van der Waals surface area contributed by atoms with Crippen LogP contribution >= 0.6 is 11.6 Å². The maximum absolute atomic E-state index is 13.7. The number of rotatable bonds is 5. The lowest BCUT2D eigenvalue weighted by molar-refractivity contribution is 0.625. The Morgan fingerprint density at radius 1 is 1.29 bits per heavy atom.